The lowest BCUT2D eigenvalue weighted by Gasteiger charge is -2.36. The molecule has 1 aliphatic heterocycles. The Labute approximate surface area is 151 Å². The van der Waals surface area contributed by atoms with Crippen LogP contribution in [-0.2, 0) is 9.53 Å². The van der Waals surface area contributed by atoms with Crippen LogP contribution in [0.15, 0.2) is 18.2 Å². The second-order valence-electron chi connectivity index (χ2n) is 6.97. The van der Waals surface area contributed by atoms with E-state index in [-0.39, 0.29) is 5.91 Å². The van der Waals surface area contributed by atoms with Gasteiger partial charge in [-0.05, 0) is 43.4 Å². The lowest BCUT2D eigenvalue weighted by atomic mass is 9.91. The zero-order valence-electron chi connectivity index (χ0n) is 14.7. The minimum absolute atomic E-state index is 0.130. The van der Waals surface area contributed by atoms with E-state index in [9.17, 15) is 9.59 Å². The van der Waals surface area contributed by atoms with E-state index in [2.05, 4.69) is 18.8 Å². The summed E-state index contributed by atoms with van der Waals surface area (Å²) in [5, 5.41) is 0.456. The average Bonchev–Trinajstić information content (AvgIpc) is 2.92. The molecule has 3 rings (SSSR count). The van der Waals surface area contributed by atoms with Gasteiger partial charge in [-0.3, -0.25) is 4.79 Å². The fourth-order valence-electron chi connectivity index (χ4n) is 3.45. The second kappa shape index (κ2) is 7.00. The van der Waals surface area contributed by atoms with E-state index in [0.717, 1.165) is 29.7 Å². The lowest BCUT2D eigenvalue weighted by molar-refractivity contribution is -0.142. The molecule has 1 aliphatic rings. The van der Waals surface area contributed by atoms with E-state index in [0.29, 0.717) is 22.5 Å². The minimum Gasteiger partial charge on any atom is -0.449 e. The van der Waals surface area contributed by atoms with Crippen molar-refractivity contribution in [2.45, 2.75) is 33.3 Å². The Bertz CT molecular complexity index is 794. The van der Waals surface area contributed by atoms with Crippen molar-refractivity contribution in [2.75, 3.05) is 18.8 Å². The van der Waals surface area contributed by atoms with E-state index in [1.54, 1.807) is 25.1 Å². The Morgan fingerprint density at radius 1 is 1.32 bits per heavy atom. The molecule has 6 nitrogen and oxygen atoms in total. The molecule has 1 saturated heterocycles. The van der Waals surface area contributed by atoms with Crippen molar-refractivity contribution in [3.63, 3.8) is 0 Å². The SMILES string of the molecule is C[C@@H]1C[C@H](C)CN(C(=O)[C@H](C)OC(=O)c2ccc3nc(N)sc3c2)C1. The summed E-state index contributed by atoms with van der Waals surface area (Å²) in [6.45, 7) is 7.35. The number of amides is 1. The summed E-state index contributed by atoms with van der Waals surface area (Å²) in [7, 11) is 0. The molecule has 134 valence electrons. The number of carbonyl (C=O) groups is 2. The molecule has 1 aromatic heterocycles. The molecule has 1 fully saturated rings. The Balaban J connectivity index is 1.67. The maximum absolute atomic E-state index is 12.6. The van der Waals surface area contributed by atoms with Gasteiger partial charge in [0.25, 0.3) is 5.91 Å². The van der Waals surface area contributed by atoms with Crippen LogP contribution in [0.25, 0.3) is 10.2 Å². The molecule has 0 aliphatic carbocycles. The quantitative estimate of drug-likeness (QED) is 0.850. The summed E-state index contributed by atoms with van der Waals surface area (Å²) in [5.74, 6) is 0.298. The van der Waals surface area contributed by atoms with Gasteiger partial charge in [0, 0.05) is 13.1 Å². The van der Waals surface area contributed by atoms with Crippen molar-refractivity contribution in [2.24, 2.45) is 11.8 Å². The third kappa shape index (κ3) is 3.92. The number of hydrogen-bond donors (Lipinski definition) is 1. The third-order valence-electron chi connectivity index (χ3n) is 4.45. The highest BCUT2D eigenvalue weighted by Crippen LogP contribution is 2.25. The third-order valence-corrected chi connectivity index (χ3v) is 5.30. The van der Waals surface area contributed by atoms with E-state index < -0.39 is 12.1 Å². The summed E-state index contributed by atoms with van der Waals surface area (Å²) >= 11 is 1.32. The molecule has 0 unspecified atom stereocenters. The normalized spacial score (nSPS) is 22.0. The monoisotopic (exact) mass is 361 g/mol. The average molecular weight is 361 g/mol. The van der Waals surface area contributed by atoms with E-state index >= 15 is 0 Å². The van der Waals surface area contributed by atoms with E-state index in [1.165, 1.54) is 11.3 Å². The topological polar surface area (TPSA) is 85.5 Å². The Morgan fingerprint density at radius 3 is 2.68 bits per heavy atom. The van der Waals surface area contributed by atoms with Crippen LogP contribution in [-0.4, -0.2) is 41.0 Å². The molecule has 7 heteroatoms. The van der Waals surface area contributed by atoms with E-state index in [1.807, 2.05) is 4.90 Å². The molecule has 1 amide bonds. The first-order valence-electron chi connectivity index (χ1n) is 8.49. The van der Waals surface area contributed by atoms with Crippen molar-refractivity contribution in [1.29, 1.82) is 0 Å². The van der Waals surface area contributed by atoms with Crippen LogP contribution in [0.5, 0.6) is 0 Å². The number of anilines is 1. The molecule has 0 saturated carbocycles. The zero-order valence-corrected chi connectivity index (χ0v) is 15.5. The van der Waals surface area contributed by atoms with Crippen molar-refractivity contribution >= 4 is 38.6 Å². The van der Waals surface area contributed by atoms with Crippen molar-refractivity contribution in [1.82, 2.24) is 9.88 Å². The summed E-state index contributed by atoms with van der Waals surface area (Å²) in [4.78, 5) is 30.9. The maximum atomic E-state index is 12.6. The first-order chi connectivity index (χ1) is 11.8. The number of piperidine rings is 1. The number of carbonyl (C=O) groups excluding carboxylic acids is 2. The molecular weight excluding hydrogens is 338 g/mol. The summed E-state index contributed by atoms with van der Waals surface area (Å²) < 4.78 is 6.22. The number of hydrogen-bond acceptors (Lipinski definition) is 6. The number of nitrogens with two attached hydrogens (primary N) is 1. The minimum atomic E-state index is -0.799. The summed E-state index contributed by atoms with van der Waals surface area (Å²) in [5.41, 5.74) is 6.83. The molecule has 3 atom stereocenters. The Hall–Kier alpha value is -2.15. The molecule has 25 heavy (non-hydrogen) atoms. The van der Waals surface area contributed by atoms with Gasteiger partial charge < -0.3 is 15.4 Å². The van der Waals surface area contributed by atoms with Crippen LogP contribution < -0.4 is 5.73 Å². The van der Waals surface area contributed by atoms with Gasteiger partial charge in [-0.15, -0.1) is 0 Å². The molecule has 0 radical (unpaired) electrons. The molecular formula is C18H23N3O3S. The molecule has 1 aromatic carbocycles. The number of rotatable bonds is 3. The first-order valence-corrected chi connectivity index (χ1v) is 9.31. The molecule has 2 N–H and O–H groups in total. The number of aromatic nitrogens is 1. The molecule has 2 aromatic rings. The Kier molecular flexibility index (Phi) is 4.94. The van der Waals surface area contributed by atoms with Crippen molar-refractivity contribution < 1.29 is 14.3 Å². The number of nitrogens with zero attached hydrogens (tertiary/aromatic N) is 2. The van der Waals surface area contributed by atoms with E-state index in [4.69, 9.17) is 10.5 Å². The van der Waals surface area contributed by atoms with Gasteiger partial charge in [0.1, 0.15) is 0 Å². The number of fused-ring (bicyclic) bond motifs is 1. The van der Waals surface area contributed by atoms with Crippen LogP contribution in [0.1, 0.15) is 37.6 Å². The predicted octanol–water partition coefficient (Wildman–Crippen LogP) is 2.93. The fraction of sp³-hybridized carbons (Fsp3) is 0.500. The highest BCUT2D eigenvalue weighted by molar-refractivity contribution is 7.22. The van der Waals surface area contributed by atoms with Crippen LogP contribution in [0.4, 0.5) is 5.13 Å². The van der Waals surface area contributed by atoms with Gasteiger partial charge in [-0.25, -0.2) is 9.78 Å². The van der Waals surface area contributed by atoms with Gasteiger partial charge in [0.05, 0.1) is 15.8 Å². The van der Waals surface area contributed by atoms with Gasteiger partial charge >= 0.3 is 5.97 Å². The van der Waals surface area contributed by atoms with Crippen molar-refractivity contribution in [3.8, 4) is 0 Å². The standard InChI is InChI=1S/C18H23N3O3S/c1-10-6-11(2)9-21(8-10)16(22)12(3)24-17(23)13-4-5-14-15(7-13)25-18(19)20-14/h4-5,7,10-12H,6,8-9H2,1-3H3,(H2,19,20)/t10-,11+,12-/m0/s1. The number of ether oxygens (including phenoxy) is 1. The van der Waals surface area contributed by atoms with Crippen molar-refractivity contribution in [3.05, 3.63) is 23.8 Å². The molecule has 0 bridgehead atoms. The van der Waals surface area contributed by atoms with Crippen LogP contribution in [0.3, 0.4) is 0 Å². The van der Waals surface area contributed by atoms with Gasteiger partial charge in [0.15, 0.2) is 11.2 Å². The van der Waals surface area contributed by atoms with Crippen LogP contribution >= 0.6 is 11.3 Å². The van der Waals surface area contributed by atoms with Gasteiger partial charge in [0.2, 0.25) is 0 Å². The number of thiazole rings is 1. The predicted molar refractivity (Wildman–Crippen MR) is 98.4 cm³/mol. The van der Waals surface area contributed by atoms with Gasteiger partial charge in [-0.1, -0.05) is 25.2 Å². The molecule has 0 spiro atoms. The number of nitrogen functional groups attached to an aromatic ring is 1. The summed E-state index contributed by atoms with van der Waals surface area (Å²) in [6, 6.07) is 5.08. The van der Waals surface area contributed by atoms with Gasteiger partial charge in [-0.2, -0.15) is 0 Å². The number of benzene rings is 1. The highest BCUT2D eigenvalue weighted by atomic mass is 32.1. The first kappa shape index (κ1) is 17.7. The maximum Gasteiger partial charge on any atom is 0.338 e. The molecule has 2 heterocycles. The fourth-order valence-corrected chi connectivity index (χ4v) is 4.22. The smallest absolute Gasteiger partial charge is 0.338 e. The second-order valence-corrected chi connectivity index (χ2v) is 8.03. The Morgan fingerprint density at radius 2 is 2.00 bits per heavy atom. The summed E-state index contributed by atoms with van der Waals surface area (Å²) in [6.07, 6.45) is 0.322. The number of esters is 1. The van der Waals surface area contributed by atoms with Crippen LogP contribution in [0.2, 0.25) is 0 Å². The highest BCUT2D eigenvalue weighted by Gasteiger charge is 2.30. The van der Waals surface area contributed by atoms with Crippen LogP contribution in [0, 0.1) is 11.8 Å². The largest absolute Gasteiger partial charge is 0.449 e. The lowest BCUT2D eigenvalue weighted by Crippen LogP contribution is -2.47. The number of likely N-dealkylation sites (tertiary alicyclic amines) is 1. The zero-order chi connectivity index (χ0) is 18.1.